The number of sulfonamides is 1. The number of carbonyl (C=O) groups is 1. The van der Waals surface area contributed by atoms with Gasteiger partial charge in [0.2, 0.25) is 0 Å². The molecular weight excluding hydrogens is 344 g/mol. The number of amides is 1. The van der Waals surface area contributed by atoms with E-state index in [0.717, 1.165) is 6.08 Å². The van der Waals surface area contributed by atoms with Crippen molar-refractivity contribution in [3.63, 3.8) is 0 Å². The summed E-state index contributed by atoms with van der Waals surface area (Å²) in [4.78, 5) is 12.1. The minimum Gasteiger partial charge on any atom is -0.496 e. The maximum Gasteiger partial charge on any atom is 0.275 e. The zero-order valence-electron chi connectivity index (χ0n) is 13.9. The van der Waals surface area contributed by atoms with Gasteiger partial charge in [0.15, 0.2) is 0 Å². The highest BCUT2D eigenvalue weighted by Crippen LogP contribution is 2.26. The molecule has 8 heteroatoms. The Morgan fingerprint density at radius 3 is 2.56 bits per heavy atom. The lowest BCUT2D eigenvalue weighted by Gasteiger charge is -2.13. The number of methoxy groups -OCH3 is 1. The Kier molecular flexibility index (Phi) is 5.29. The smallest absolute Gasteiger partial charge is 0.275 e. The Hall–Kier alpha value is -3.05. The molecule has 0 fully saturated rings. The van der Waals surface area contributed by atoms with Crippen molar-refractivity contribution in [2.45, 2.75) is 18.7 Å². The minimum absolute atomic E-state index is 0.0607. The van der Waals surface area contributed by atoms with Gasteiger partial charge in [-0.15, -0.1) is 0 Å². The molecule has 0 radical (unpaired) electrons. The van der Waals surface area contributed by atoms with E-state index in [9.17, 15) is 13.2 Å². The number of benzene rings is 1. The topological polar surface area (TPSA) is 109 Å². The third-order valence-electron chi connectivity index (χ3n) is 3.62. The van der Waals surface area contributed by atoms with Gasteiger partial charge in [-0.2, -0.15) is 5.26 Å². The number of rotatable bonds is 5. The third-order valence-corrected chi connectivity index (χ3v) is 5.09. The van der Waals surface area contributed by atoms with Crippen LogP contribution in [0.5, 0.6) is 5.75 Å². The second kappa shape index (κ2) is 7.23. The number of furan rings is 1. The molecule has 0 saturated carbocycles. The monoisotopic (exact) mass is 360 g/mol. The normalized spacial score (nSPS) is 11.7. The maximum absolute atomic E-state index is 12.5. The van der Waals surface area contributed by atoms with Crippen LogP contribution < -0.4 is 9.46 Å². The average Bonchev–Trinajstić information content (AvgIpc) is 3.07. The van der Waals surface area contributed by atoms with E-state index in [-0.39, 0.29) is 16.2 Å². The molecule has 0 bridgehead atoms. The maximum atomic E-state index is 12.5. The van der Waals surface area contributed by atoms with Crippen molar-refractivity contribution in [1.82, 2.24) is 4.72 Å². The molecule has 1 N–H and O–H groups in total. The summed E-state index contributed by atoms with van der Waals surface area (Å²) in [7, 11) is -2.67. The minimum atomic E-state index is -4.15. The summed E-state index contributed by atoms with van der Waals surface area (Å²) in [5.74, 6) is -0.231. The van der Waals surface area contributed by atoms with Crippen LogP contribution >= 0.6 is 0 Å². The van der Waals surface area contributed by atoms with E-state index in [1.807, 2.05) is 4.72 Å². The van der Waals surface area contributed by atoms with Crippen LogP contribution in [0.15, 0.2) is 45.4 Å². The Labute approximate surface area is 145 Å². The van der Waals surface area contributed by atoms with Gasteiger partial charge < -0.3 is 9.15 Å². The van der Waals surface area contributed by atoms with Crippen LogP contribution in [-0.4, -0.2) is 21.4 Å². The van der Waals surface area contributed by atoms with Crippen LogP contribution in [0.3, 0.4) is 0 Å². The van der Waals surface area contributed by atoms with Crippen LogP contribution in [0.2, 0.25) is 0 Å². The van der Waals surface area contributed by atoms with Gasteiger partial charge in [-0.1, -0.05) is 0 Å². The van der Waals surface area contributed by atoms with Crippen molar-refractivity contribution in [2.24, 2.45) is 0 Å². The molecule has 0 spiro atoms. The van der Waals surface area contributed by atoms with Gasteiger partial charge in [0.25, 0.3) is 15.9 Å². The van der Waals surface area contributed by atoms with Gasteiger partial charge in [0.1, 0.15) is 23.2 Å². The van der Waals surface area contributed by atoms with Crippen LogP contribution in [0.25, 0.3) is 6.08 Å². The van der Waals surface area contributed by atoms with E-state index in [1.165, 1.54) is 31.6 Å². The van der Waals surface area contributed by atoms with Crippen molar-refractivity contribution in [3.05, 3.63) is 53.0 Å². The van der Waals surface area contributed by atoms with E-state index in [4.69, 9.17) is 14.4 Å². The zero-order chi connectivity index (χ0) is 18.6. The number of nitrogens with one attached hydrogen (secondary N) is 1. The summed E-state index contributed by atoms with van der Waals surface area (Å²) in [6, 6.07) is 7.63. The molecule has 0 saturated heterocycles. The first kappa shape index (κ1) is 18.3. The molecule has 0 atom stereocenters. The molecule has 2 aromatic rings. The fourth-order valence-electron chi connectivity index (χ4n) is 2.18. The SMILES string of the molecule is COc1ccc(S(=O)(=O)NC(=O)C(C#N)=Cc2ccco2)c(C)c1C. The van der Waals surface area contributed by atoms with Crippen LogP contribution in [0, 0.1) is 25.2 Å². The first-order valence-electron chi connectivity index (χ1n) is 7.16. The van der Waals surface area contributed by atoms with Gasteiger partial charge in [-0.25, -0.2) is 13.1 Å². The number of hydrogen-bond acceptors (Lipinski definition) is 6. The molecule has 1 aromatic carbocycles. The quantitative estimate of drug-likeness (QED) is 0.647. The highest BCUT2D eigenvalue weighted by Gasteiger charge is 2.23. The zero-order valence-corrected chi connectivity index (χ0v) is 14.7. The highest BCUT2D eigenvalue weighted by molar-refractivity contribution is 7.90. The first-order valence-corrected chi connectivity index (χ1v) is 8.65. The van der Waals surface area contributed by atoms with E-state index < -0.39 is 15.9 Å². The van der Waals surface area contributed by atoms with Gasteiger partial charge >= 0.3 is 0 Å². The Morgan fingerprint density at radius 2 is 2.00 bits per heavy atom. The fraction of sp³-hybridized carbons (Fsp3) is 0.176. The Bertz CT molecular complexity index is 967. The van der Waals surface area contributed by atoms with Gasteiger partial charge in [0, 0.05) is 6.08 Å². The molecule has 2 rings (SSSR count). The molecule has 1 amide bonds. The van der Waals surface area contributed by atoms with Crippen molar-refractivity contribution < 1.29 is 22.4 Å². The lowest BCUT2D eigenvalue weighted by Crippen LogP contribution is -2.32. The van der Waals surface area contributed by atoms with Crippen LogP contribution in [0.4, 0.5) is 0 Å². The van der Waals surface area contributed by atoms with Crippen molar-refractivity contribution in [2.75, 3.05) is 7.11 Å². The van der Waals surface area contributed by atoms with Crippen LogP contribution in [0.1, 0.15) is 16.9 Å². The van der Waals surface area contributed by atoms with Gasteiger partial charge in [-0.3, -0.25) is 4.79 Å². The number of hydrogen-bond donors (Lipinski definition) is 1. The largest absolute Gasteiger partial charge is 0.496 e. The second-order valence-electron chi connectivity index (χ2n) is 5.14. The first-order chi connectivity index (χ1) is 11.8. The van der Waals surface area contributed by atoms with Crippen LogP contribution in [-0.2, 0) is 14.8 Å². The lowest BCUT2D eigenvalue weighted by molar-refractivity contribution is -0.115. The van der Waals surface area contributed by atoms with Crippen molar-refractivity contribution >= 4 is 22.0 Å². The standard InChI is InChI=1S/C17H16N2O5S/c1-11-12(2)16(7-6-15(11)23-3)25(21,22)19-17(20)13(10-18)9-14-5-4-8-24-14/h4-9H,1-3H3,(H,19,20). The fourth-order valence-corrected chi connectivity index (χ4v) is 3.45. The van der Waals surface area contributed by atoms with E-state index in [2.05, 4.69) is 0 Å². The number of carbonyl (C=O) groups excluding carboxylic acids is 1. The summed E-state index contributed by atoms with van der Waals surface area (Å²) in [6.07, 6.45) is 2.54. The Morgan fingerprint density at radius 1 is 1.28 bits per heavy atom. The van der Waals surface area contributed by atoms with Gasteiger partial charge in [-0.05, 0) is 49.2 Å². The predicted molar refractivity (Wildman–Crippen MR) is 90.1 cm³/mol. The molecule has 0 unspecified atom stereocenters. The van der Waals surface area contributed by atoms with Gasteiger partial charge in [0.05, 0.1) is 18.3 Å². The second-order valence-corrected chi connectivity index (χ2v) is 6.79. The number of ether oxygens (including phenoxy) is 1. The molecule has 0 aliphatic heterocycles. The highest BCUT2D eigenvalue weighted by atomic mass is 32.2. The van der Waals surface area contributed by atoms with E-state index >= 15 is 0 Å². The lowest BCUT2D eigenvalue weighted by atomic mass is 10.1. The molecule has 1 heterocycles. The molecule has 7 nitrogen and oxygen atoms in total. The summed E-state index contributed by atoms with van der Waals surface area (Å²) < 4.78 is 37.1. The number of nitrogens with zero attached hydrogens (tertiary/aromatic N) is 1. The third kappa shape index (κ3) is 3.89. The van der Waals surface area contributed by atoms with Crippen molar-refractivity contribution in [1.29, 1.82) is 5.26 Å². The van der Waals surface area contributed by atoms with Crippen molar-refractivity contribution in [3.8, 4) is 11.8 Å². The number of nitriles is 1. The molecule has 0 aliphatic rings. The molecule has 25 heavy (non-hydrogen) atoms. The van der Waals surface area contributed by atoms with E-state index in [0.29, 0.717) is 16.9 Å². The summed E-state index contributed by atoms with van der Waals surface area (Å²) >= 11 is 0. The summed E-state index contributed by atoms with van der Waals surface area (Å²) in [5.41, 5.74) is 0.707. The average molecular weight is 360 g/mol. The molecule has 130 valence electrons. The Balaban J connectivity index is 2.34. The van der Waals surface area contributed by atoms with E-state index in [1.54, 1.807) is 26.0 Å². The molecule has 0 aliphatic carbocycles. The summed E-state index contributed by atoms with van der Waals surface area (Å²) in [6.45, 7) is 3.33. The molecule has 1 aromatic heterocycles. The molecular formula is C17H16N2O5S. The predicted octanol–water partition coefficient (Wildman–Crippen LogP) is 2.32. The summed E-state index contributed by atoms with van der Waals surface area (Å²) in [5, 5.41) is 9.10.